The van der Waals surface area contributed by atoms with E-state index in [2.05, 4.69) is 67.9 Å². The zero-order chi connectivity index (χ0) is 14.5. The predicted molar refractivity (Wildman–Crippen MR) is 91.9 cm³/mol. The monoisotopic (exact) mass is 292 g/mol. The van der Waals surface area contributed by atoms with Gasteiger partial charge in [0.1, 0.15) is 0 Å². The fourth-order valence-corrected chi connectivity index (χ4v) is 3.87. The Labute approximate surface area is 128 Å². The van der Waals surface area contributed by atoms with Gasteiger partial charge in [-0.2, -0.15) is 11.8 Å². The van der Waals surface area contributed by atoms with Gasteiger partial charge in [0.2, 0.25) is 0 Å². The van der Waals surface area contributed by atoms with E-state index in [1.807, 2.05) is 0 Å². The minimum atomic E-state index is 0.541. The normalized spacial score (nSPS) is 19.6. The summed E-state index contributed by atoms with van der Waals surface area (Å²) in [5.74, 6) is 1.26. The van der Waals surface area contributed by atoms with Crippen LogP contribution in [0.2, 0.25) is 0 Å². The van der Waals surface area contributed by atoms with E-state index in [0.29, 0.717) is 6.04 Å². The van der Waals surface area contributed by atoms with Crippen molar-refractivity contribution in [2.75, 3.05) is 23.7 Å². The Hall–Kier alpha value is -0.670. The van der Waals surface area contributed by atoms with Crippen molar-refractivity contribution in [3.8, 4) is 0 Å². The Balaban J connectivity index is 2.05. The summed E-state index contributed by atoms with van der Waals surface area (Å²) in [6.07, 6.45) is 1.27. The fourth-order valence-electron chi connectivity index (χ4n) is 2.69. The number of hydrogen-bond donors (Lipinski definition) is 1. The molecular weight excluding hydrogens is 264 g/mol. The first kappa shape index (κ1) is 15.7. The third kappa shape index (κ3) is 4.16. The van der Waals surface area contributed by atoms with Gasteiger partial charge >= 0.3 is 0 Å². The molecule has 0 amide bonds. The quantitative estimate of drug-likeness (QED) is 0.888. The molecule has 0 spiro atoms. The maximum atomic E-state index is 3.49. The zero-order valence-corrected chi connectivity index (χ0v) is 14.1. The summed E-state index contributed by atoms with van der Waals surface area (Å²) in [6, 6.07) is 7.47. The van der Waals surface area contributed by atoms with E-state index < -0.39 is 0 Å². The van der Waals surface area contributed by atoms with Crippen LogP contribution < -0.4 is 10.2 Å². The molecule has 0 radical (unpaired) electrons. The van der Waals surface area contributed by atoms with Crippen molar-refractivity contribution in [2.24, 2.45) is 0 Å². The smallest absolute Gasteiger partial charge is 0.0396 e. The van der Waals surface area contributed by atoms with E-state index in [9.17, 15) is 0 Å². The Kier molecular flexibility index (Phi) is 5.79. The van der Waals surface area contributed by atoms with Gasteiger partial charge in [-0.1, -0.05) is 32.9 Å². The summed E-state index contributed by atoms with van der Waals surface area (Å²) in [4.78, 5) is 2.57. The van der Waals surface area contributed by atoms with E-state index in [1.165, 1.54) is 42.1 Å². The lowest BCUT2D eigenvalue weighted by molar-refractivity contribution is 0.588. The van der Waals surface area contributed by atoms with Crippen molar-refractivity contribution in [2.45, 2.75) is 52.0 Å². The average molecular weight is 292 g/mol. The minimum Gasteiger partial charge on any atom is -0.369 e. The SMILES string of the molecule is CCC1CN(c2ccc(CNC(C)C)cc2C)CCS1. The maximum Gasteiger partial charge on any atom is 0.0396 e. The number of benzene rings is 1. The second kappa shape index (κ2) is 7.37. The number of anilines is 1. The van der Waals surface area contributed by atoms with Gasteiger partial charge < -0.3 is 10.2 Å². The highest BCUT2D eigenvalue weighted by atomic mass is 32.2. The molecule has 0 aromatic heterocycles. The summed E-state index contributed by atoms with van der Waals surface area (Å²) in [7, 11) is 0. The van der Waals surface area contributed by atoms with Gasteiger partial charge in [-0.05, 0) is 30.5 Å². The van der Waals surface area contributed by atoms with Crippen molar-refractivity contribution in [1.29, 1.82) is 0 Å². The highest BCUT2D eigenvalue weighted by Gasteiger charge is 2.20. The minimum absolute atomic E-state index is 0.541. The molecule has 1 fully saturated rings. The van der Waals surface area contributed by atoms with Crippen LogP contribution in [0.1, 0.15) is 38.3 Å². The maximum absolute atomic E-state index is 3.49. The first-order valence-electron chi connectivity index (χ1n) is 7.79. The van der Waals surface area contributed by atoms with Crippen molar-refractivity contribution in [3.05, 3.63) is 29.3 Å². The molecule has 1 unspecified atom stereocenters. The molecule has 1 aromatic rings. The van der Waals surface area contributed by atoms with Crippen LogP contribution >= 0.6 is 11.8 Å². The molecule has 3 heteroatoms. The standard InChI is InChI=1S/C17H28N2S/c1-5-16-12-19(8-9-20-16)17-7-6-15(10-14(17)4)11-18-13(2)3/h6-7,10,13,16,18H,5,8-9,11-12H2,1-4H3. The molecule has 1 saturated heterocycles. The Bertz CT molecular complexity index is 431. The highest BCUT2D eigenvalue weighted by molar-refractivity contribution is 8.00. The first-order valence-corrected chi connectivity index (χ1v) is 8.84. The van der Waals surface area contributed by atoms with Gasteiger partial charge in [-0.15, -0.1) is 0 Å². The van der Waals surface area contributed by atoms with E-state index in [0.717, 1.165) is 11.8 Å². The van der Waals surface area contributed by atoms with Gasteiger partial charge in [0.05, 0.1) is 0 Å². The van der Waals surface area contributed by atoms with Gasteiger partial charge in [-0.25, -0.2) is 0 Å². The van der Waals surface area contributed by atoms with Crippen LogP contribution in [-0.4, -0.2) is 30.1 Å². The second-order valence-electron chi connectivity index (χ2n) is 6.00. The molecule has 1 atom stereocenters. The summed E-state index contributed by atoms with van der Waals surface area (Å²) in [5.41, 5.74) is 4.23. The predicted octanol–water partition coefficient (Wildman–Crippen LogP) is 3.82. The van der Waals surface area contributed by atoms with Crippen molar-refractivity contribution >= 4 is 17.4 Å². The lowest BCUT2D eigenvalue weighted by atomic mass is 10.1. The molecule has 1 N–H and O–H groups in total. The van der Waals surface area contributed by atoms with Gasteiger partial charge in [0.15, 0.2) is 0 Å². The second-order valence-corrected chi connectivity index (χ2v) is 7.41. The summed E-state index contributed by atoms with van der Waals surface area (Å²) >= 11 is 2.13. The molecule has 1 aromatic carbocycles. The van der Waals surface area contributed by atoms with Gasteiger partial charge in [0, 0.05) is 42.4 Å². The van der Waals surface area contributed by atoms with E-state index in [-0.39, 0.29) is 0 Å². The fraction of sp³-hybridized carbons (Fsp3) is 0.647. The molecule has 0 bridgehead atoms. The van der Waals surface area contributed by atoms with Crippen molar-refractivity contribution in [1.82, 2.24) is 5.32 Å². The summed E-state index contributed by atoms with van der Waals surface area (Å²) < 4.78 is 0. The van der Waals surface area contributed by atoms with Crippen molar-refractivity contribution in [3.63, 3.8) is 0 Å². The number of rotatable bonds is 5. The summed E-state index contributed by atoms with van der Waals surface area (Å²) in [6.45, 7) is 12.3. The van der Waals surface area contributed by atoms with Crippen LogP contribution in [0.15, 0.2) is 18.2 Å². The van der Waals surface area contributed by atoms with Crippen LogP contribution in [0.25, 0.3) is 0 Å². The Morgan fingerprint density at radius 1 is 1.40 bits per heavy atom. The van der Waals surface area contributed by atoms with Crippen LogP contribution in [0.4, 0.5) is 5.69 Å². The molecule has 1 aliphatic heterocycles. The van der Waals surface area contributed by atoms with E-state index in [1.54, 1.807) is 0 Å². The topological polar surface area (TPSA) is 15.3 Å². The lowest BCUT2D eigenvalue weighted by Crippen LogP contribution is -2.38. The number of nitrogens with zero attached hydrogens (tertiary/aromatic N) is 1. The molecule has 0 aliphatic carbocycles. The van der Waals surface area contributed by atoms with Crippen molar-refractivity contribution < 1.29 is 0 Å². The molecule has 2 rings (SSSR count). The van der Waals surface area contributed by atoms with Crippen LogP contribution in [0, 0.1) is 6.92 Å². The van der Waals surface area contributed by atoms with Crippen LogP contribution in [-0.2, 0) is 6.54 Å². The lowest BCUT2D eigenvalue weighted by Gasteiger charge is -2.34. The number of hydrogen-bond acceptors (Lipinski definition) is 3. The molecular formula is C17H28N2S. The zero-order valence-electron chi connectivity index (χ0n) is 13.3. The molecule has 20 heavy (non-hydrogen) atoms. The third-order valence-electron chi connectivity index (χ3n) is 3.91. The van der Waals surface area contributed by atoms with Crippen LogP contribution in [0.5, 0.6) is 0 Å². The molecule has 2 nitrogen and oxygen atoms in total. The van der Waals surface area contributed by atoms with Crippen LogP contribution in [0.3, 0.4) is 0 Å². The summed E-state index contributed by atoms with van der Waals surface area (Å²) in [5, 5.41) is 4.28. The largest absolute Gasteiger partial charge is 0.369 e. The number of thioether (sulfide) groups is 1. The van der Waals surface area contributed by atoms with Gasteiger partial charge in [-0.3, -0.25) is 0 Å². The number of nitrogens with one attached hydrogen (secondary N) is 1. The molecule has 1 heterocycles. The molecule has 0 saturated carbocycles. The first-order chi connectivity index (χ1) is 9.60. The Morgan fingerprint density at radius 2 is 2.20 bits per heavy atom. The van der Waals surface area contributed by atoms with E-state index in [4.69, 9.17) is 0 Å². The number of aryl methyl sites for hydroxylation is 1. The molecule has 112 valence electrons. The van der Waals surface area contributed by atoms with E-state index >= 15 is 0 Å². The molecule has 1 aliphatic rings. The third-order valence-corrected chi connectivity index (χ3v) is 5.28. The van der Waals surface area contributed by atoms with Gasteiger partial charge in [0.25, 0.3) is 0 Å². The highest BCUT2D eigenvalue weighted by Crippen LogP contribution is 2.28. The average Bonchev–Trinajstić information content (AvgIpc) is 2.45. The Morgan fingerprint density at radius 3 is 2.85 bits per heavy atom.